The maximum atomic E-state index is 11.5. The fourth-order valence-corrected chi connectivity index (χ4v) is 7.42. The van der Waals surface area contributed by atoms with Crippen molar-refractivity contribution < 1.29 is 24.1 Å². The van der Waals surface area contributed by atoms with E-state index in [0.29, 0.717) is 36.2 Å². The van der Waals surface area contributed by atoms with Gasteiger partial charge in [-0.25, -0.2) is 9.78 Å². The third-order valence-electron chi connectivity index (χ3n) is 9.43. The minimum Gasteiger partial charge on any atom is -0.488 e. The van der Waals surface area contributed by atoms with Gasteiger partial charge in [-0.3, -0.25) is 4.90 Å². The molecule has 3 aliphatic rings. The van der Waals surface area contributed by atoms with Crippen molar-refractivity contribution in [3.8, 4) is 17.0 Å². The van der Waals surface area contributed by atoms with E-state index in [2.05, 4.69) is 42.3 Å². The Balaban J connectivity index is 1.17. The summed E-state index contributed by atoms with van der Waals surface area (Å²) in [5.74, 6) is 0.457. The highest BCUT2D eigenvalue weighted by Crippen LogP contribution is 2.55. The minimum atomic E-state index is -1.27. The van der Waals surface area contributed by atoms with Gasteiger partial charge in [0.1, 0.15) is 23.7 Å². The van der Waals surface area contributed by atoms with Crippen molar-refractivity contribution in [2.75, 3.05) is 25.6 Å². The highest BCUT2D eigenvalue weighted by Gasteiger charge is 2.61. The number of hydrogen-bond acceptors (Lipinski definition) is 8. The second-order valence-corrected chi connectivity index (χ2v) is 12.5. The largest absolute Gasteiger partial charge is 0.488 e. The zero-order valence-electron chi connectivity index (χ0n) is 25.7. The number of methoxy groups -OCH3 is 1. The van der Waals surface area contributed by atoms with Crippen LogP contribution in [0.1, 0.15) is 42.5 Å². The highest BCUT2D eigenvalue weighted by molar-refractivity contribution is 6.08. The molecule has 230 valence electrons. The van der Waals surface area contributed by atoms with Crippen LogP contribution in [0.2, 0.25) is 0 Å². The van der Waals surface area contributed by atoms with Crippen LogP contribution >= 0.6 is 0 Å². The number of benzene rings is 2. The number of rotatable bonds is 10. The summed E-state index contributed by atoms with van der Waals surface area (Å²) in [4.78, 5) is 18.9. The fraction of sp³-hybridized carbons (Fsp3) is 0.400. The molecule has 1 aliphatic carbocycles. The molecule has 9 heteroatoms. The molecular formula is C35H40N4O5. The van der Waals surface area contributed by atoms with Crippen LogP contribution in [0.4, 0.5) is 5.82 Å². The normalized spacial score (nSPS) is 22.6. The number of carboxylic acids is 1. The van der Waals surface area contributed by atoms with Crippen LogP contribution in [0.5, 0.6) is 5.75 Å². The second kappa shape index (κ2) is 12.1. The molecule has 0 bridgehead atoms. The van der Waals surface area contributed by atoms with E-state index in [9.17, 15) is 9.90 Å². The first-order valence-corrected chi connectivity index (χ1v) is 15.2. The number of fused-ring (bicyclic) bond motifs is 2. The third kappa shape index (κ3) is 5.46. The summed E-state index contributed by atoms with van der Waals surface area (Å²) < 4.78 is 17.7. The van der Waals surface area contributed by atoms with Crippen LogP contribution in [0.25, 0.3) is 11.3 Å². The summed E-state index contributed by atoms with van der Waals surface area (Å²) in [7, 11) is 1.34. The molecule has 9 nitrogen and oxygen atoms in total. The van der Waals surface area contributed by atoms with Gasteiger partial charge in [0, 0.05) is 48.8 Å². The molecule has 2 fully saturated rings. The Bertz CT molecular complexity index is 1620. The predicted octanol–water partition coefficient (Wildman–Crippen LogP) is 5.81. The van der Waals surface area contributed by atoms with Crippen molar-refractivity contribution in [2.45, 2.75) is 58.9 Å². The topological polar surface area (TPSA) is 117 Å². The lowest BCUT2D eigenvalue weighted by Crippen LogP contribution is -2.67. The molecule has 0 radical (unpaired) electrons. The monoisotopic (exact) mass is 596 g/mol. The lowest BCUT2D eigenvalue weighted by atomic mass is 9.56. The molecule has 2 aromatic carbocycles. The maximum absolute atomic E-state index is 11.5. The number of carbonyl (C=O) groups is 1. The Morgan fingerprint density at radius 3 is 2.80 bits per heavy atom. The van der Waals surface area contributed by atoms with Gasteiger partial charge in [-0.05, 0) is 60.2 Å². The average molecular weight is 597 g/mol. The lowest BCUT2D eigenvalue weighted by molar-refractivity contribution is -0.158. The standard InChI is InChI=1S/C35H40N4O5/c1-21-7-5-8-25(28-9-6-10-29(37-28)38-33(42-4)27(18-36)34(40)41)30(21)44-20-22-11-12-24-19-39(15-13-23(24)17-22)31-26-14-16-43-32(26)35(31,2)3/h5-12,17-18,26,31-32,36H,13-16,19-20H2,1-4H3,(H,37,38)(H,40,41)/b33-27-,36-18?. The van der Waals surface area contributed by atoms with E-state index in [1.165, 1.54) is 24.7 Å². The number of ether oxygens (including phenoxy) is 3. The van der Waals surface area contributed by atoms with Crippen LogP contribution in [0, 0.1) is 23.7 Å². The van der Waals surface area contributed by atoms with Crippen LogP contribution in [-0.4, -0.2) is 59.6 Å². The molecule has 6 rings (SSSR count). The first-order chi connectivity index (χ1) is 21.2. The van der Waals surface area contributed by atoms with E-state index in [-0.39, 0.29) is 16.9 Å². The molecule has 3 N–H and O–H groups in total. The first-order valence-electron chi connectivity index (χ1n) is 15.2. The lowest BCUT2D eigenvalue weighted by Gasteiger charge is -2.59. The molecule has 3 unspecified atom stereocenters. The van der Waals surface area contributed by atoms with Crippen molar-refractivity contribution in [3.05, 3.63) is 88.3 Å². The second-order valence-electron chi connectivity index (χ2n) is 12.5. The van der Waals surface area contributed by atoms with Crippen LogP contribution in [0.3, 0.4) is 0 Å². The van der Waals surface area contributed by atoms with Crippen LogP contribution in [-0.2, 0) is 33.8 Å². The Labute approximate surface area is 258 Å². The molecule has 2 aliphatic heterocycles. The van der Waals surface area contributed by atoms with Gasteiger partial charge in [0.2, 0.25) is 5.88 Å². The van der Waals surface area contributed by atoms with Crippen LogP contribution < -0.4 is 10.1 Å². The zero-order chi connectivity index (χ0) is 31.0. The summed E-state index contributed by atoms with van der Waals surface area (Å²) in [6, 6.07) is 18.7. The van der Waals surface area contributed by atoms with Crippen molar-refractivity contribution in [3.63, 3.8) is 0 Å². The summed E-state index contributed by atoms with van der Waals surface area (Å²) in [6.07, 6.45) is 3.35. The average Bonchev–Trinajstić information content (AvgIpc) is 3.46. The maximum Gasteiger partial charge on any atom is 0.342 e. The van der Waals surface area contributed by atoms with Gasteiger partial charge >= 0.3 is 5.97 Å². The Morgan fingerprint density at radius 1 is 1.20 bits per heavy atom. The number of aryl methyl sites for hydroxylation is 1. The zero-order valence-corrected chi connectivity index (χ0v) is 25.7. The Morgan fingerprint density at radius 2 is 2.02 bits per heavy atom. The summed E-state index contributed by atoms with van der Waals surface area (Å²) >= 11 is 0. The number of anilines is 1. The summed E-state index contributed by atoms with van der Waals surface area (Å²) in [6.45, 7) is 10.1. The highest BCUT2D eigenvalue weighted by atomic mass is 16.5. The number of carboxylic acid groups (broad SMARTS) is 1. The molecule has 3 aromatic rings. The van der Waals surface area contributed by atoms with Crippen molar-refractivity contribution >= 4 is 18.0 Å². The van der Waals surface area contributed by atoms with Crippen molar-refractivity contribution in [2.24, 2.45) is 11.3 Å². The van der Waals surface area contributed by atoms with Gasteiger partial charge < -0.3 is 30.0 Å². The van der Waals surface area contributed by atoms with E-state index in [1.54, 1.807) is 6.07 Å². The molecule has 0 amide bonds. The van der Waals surface area contributed by atoms with E-state index >= 15 is 0 Å². The number of nitrogens with one attached hydrogen (secondary N) is 2. The number of para-hydroxylation sites is 1. The number of hydrogen-bond donors (Lipinski definition) is 3. The summed E-state index contributed by atoms with van der Waals surface area (Å²) in [5.41, 5.74) is 6.31. The number of aromatic nitrogens is 1. The molecule has 1 saturated heterocycles. The van der Waals surface area contributed by atoms with Gasteiger partial charge in [-0.15, -0.1) is 0 Å². The third-order valence-corrected chi connectivity index (χ3v) is 9.43. The molecule has 1 saturated carbocycles. The summed E-state index contributed by atoms with van der Waals surface area (Å²) in [5, 5.41) is 19.7. The number of pyridine rings is 1. The minimum absolute atomic E-state index is 0.0680. The predicted molar refractivity (Wildman–Crippen MR) is 169 cm³/mol. The molecule has 3 heterocycles. The van der Waals surface area contributed by atoms with Gasteiger partial charge in [-0.2, -0.15) is 0 Å². The fourth-order valence-electron chi connectivity index (χ4n) is 7.42. The van der Waals surface area contributed by atoms with Crippen molar-refractivity contribution in [1.29, 1.82) is 5.41 Å². The van der Waals surface area contributed by atoms with Crippen molar-refractivity contribution in [1.82, 2.24) is 9.88 Å². The molecule has 1 aromatic heterocycles. The quantitative estimate of drug-likeness (QED) is 0.153. The van der Waals surface area contributed by atoms with Gasteiger partial charge in [0.25, 0.3) is 0 Å². The molecular weight excluding hydrogens is 556 g/mol. The first kappa shape index (κ1) is 29.8. The smallest absolute Gasteiger partial charge is 0.342 e. The van der Waals surface area contributed by atoms with E-state index in [0.717, 1.165) is 54.8 Å². The Kier molecular flexibility index (Phi) is 8.18. The van der Waals surface area contributed by atoms with Crippen LogP contribution in [0.15, 0.2) is 66.1 Å². The van der Waals surface area contributed by atoms with Gasteiger partial charge in [-0.1, -0.05) is 50.2 Å². The van der Waals surface area contributed by atoms with Gasteiger partial charge in [0.05, 0.1) is 18.9 Å². The molecule has 44 heavy (non-hydrogen) atoms. The Hall–Kier alpha value is -4.21. The van der Waals surface area contributed by atoms with Gasteiger partial charge in [0.15, 0.2) is 0 Å². The van der Waals surface area contributed by atoms with E-state index in [1.807, 2.05) is 37.3 Å². The number of aliphatic carboxylic acids is 1. The molecule has 3 atom stereocenters. The van der Waals surface area contributed by atoms with E-state index < -0.39 is 5.97 Å². The van der Waals surface area contributed by atoms with E-state index in [4.69, 9.17) is 24.6 Å². The number of nitrogens with zero attached hydrogens (tertiary/aromatic N) is 2. The molecule has 0 spiro atoms. The SMILES string of the molecule is CO/C(Nc1cccc(-c2cccc(C)c2OCc2ccc3c(c2)CCN(C2C4CCOC4C2(C)C)C3)n1)=C(/C=N)C(=O)O.